The molecule has 1 heterocycles. The van der Waals surface area contributed by atoms with Gasteiger partial charge in [-0.2, -0.15) is 0 Å². The van der Waals surface area contributed by atoms with Crippen molar-refractivity contribution in [2.45, 2.75) is 31.6 Å². The van der Waals surface area contributed by atoms with Crippen molar-refractivity contribution < 1.29 is 18.4 Å². The Hall–Kier alpha value is -1.43. The van der Waals surface area contributed by atoms with Gasteiger partial charge in [0.05, 0.1) is 6.04 Å². The van der Waals surface area contributed by atoms with Crippen LogP contribution in [0.1, 0.15) is 31.9 Å². The molecule has 0 saturated carbocycles. The Balaban J connectivity index is 2.12. The number of likely N-dealkylation sites (tertiary alicyclic amines) is 1. The molecule has 1 aliphatic rings. The highest BCUT2D eigenvalue weighted by molar-refractivity contribution is 8.14. The molecule has 1 amide bonds. The molecule has 0 aliphatic carbocycles. The molecule has 0 spiro atoms. The van der Waals surface area contributed by atoms with E-state index in [9.17, 15) is 18.4 Å². The van der Waals surface area contributed by atoms with Crippen molar-refractivity contribution in [3.8, 4) is 0 Å². The molecule has 0 radical (unpaired) electrons. The summed E-state index contributed by atoms with van der Waals surface area (Å²) in [6, 6.07) is 3.31. The zero-order valence-electron chi connectivity index (χ0n) is 11.2. The molecule has 0 aromatic heterocycles. The van der Waals surface area contributed by atoms with E-state index in [4.69, 9.17) is 0 Å². The molecule has 2 rings (SSSR count). The average molecular weight is 299 g/mol. The highest BCUT2D eigenvalue weighted by Gasteiger charge is 2.34. The minimum absolute atomic E-state index is 0.0230. The number of rotatable bonds is 3. The zero-order valence-corrected chi connectivity index (χ0v) is 12.0. The topological polar surface area (TPSA) is 37.4 Å². The van der Waals surface area contributed by atoms with Gasteiger partial charge in [0.2, 0.25) is 5.91 Å². The molecular formula is C14H15F2NO2S. The fraction of sp³-hybridized carbons (Fsp3) is 0.429. The van der Waals surface area contributed by atoms with E-state index >= 15 is 0 Å². The summed E-state index contributed by atoms with van der Waals surface area (Å²) in [6.07, 6.45) is 0.304. The highest BCUT2D eigenvalue weighted by Crippen LogP contribution is 2.31. The second-order valence-electron chi connectivity index (χ2n) is 4.83. The van der Waals surface area contributed by atoms with Gasteiger partial charge in [-0.3, -0.25) is 9.59 Å². The summed E-state index contributed by atoms with van der Waals surface area (Å²) in [5, 5.41) is -0.0853. The van der Waals surface area contributed by atoms with E-state index in [1.165, 1.54) is 13.0 Å². The maximum absolute atomic E-state index is 13.2. The van der Waals surface area contributed by atoms with Crippen LogP contribution in [0.15, 0.2) is 18.2 Å². The smallest absolute Gasteiger partial charge is 0.224 e. The molecule has 108 valence electrons. The molecule has 0 N–H and O–H groups in total. The molecule has 2 atom stereocenters. The maximum atomic E-state index is 13.2. The third kappa shape index (κ3) is 3.17. The fourth-order valence-electron chi connectivity index (χ4n) is 2.34. The summed E-state index contributed by atoms with van der Waals surface area (Å²) in [5.41, 5.74) is 0.547. The van der Waals surface area contributed by atoms with E-state index in [0.29, 0.717) is 18.5 Å². The molecule has 1 saturated heterocycles. The summed E-state index contributed by atoms with van der Waals surface area (Å²) in [5.74, 6) is -1.89. The van der Waals surface area contributed by atoms with E-state index in [0.717, 1.165) is 23.9 Å². The van der Waals surface area contributed by atoms with E-state index < -0.39 is 11.6 Å². The van der Waals surface area contributed by atoms with Gasteiger partial charge < -0.3 is 4.90 Å². The van der Waals surface area contributed by atoms with Crippen molar-refractivity contribution >= 4 is 22.8 Å². The van der Waals surface area contributed by atoms with Crippen LogP contribution < -0.4 is 0 Å². The largest absolute Gasteiger partial charge is 0.335 e. The number of hydrogen-bond donors (Lipinski definition) is 0. The van der Waals surface area contributed by atoms with Gasteiger partial charge in [0.15, 0.2) is 16.7 Å². The lowest BCUT2D eigenvalue weighted by Crippen LogP contribution is -2.29. The molecule has 6 heteroatoms. The number of halogens is 2. The molecule has 1 aliphatic heterocycles. The molecule has 0 bridgehead atoms. The average Bonchev–Trinajstić information content (AvgIpc) is 2.72. The number of thioether (sulfide) groups is 1. The summed E-state index contributed by atoms with van der Waals surface area (Å²) < 4.78 is 26.2. The third-order valence-corrected chi connectivity index (χ3v) is 4.33. The van der Waals surface area contributed by atoms with Gasteiger partial charge in [-0.15, -0.1) is 0 Å². The first kappa shape index (κ1) is 15.0. The Morgan fingerprint density at radius 3 is 2.70 bits per heavy atom. The SMILES string of the molecule is CC(=O)SC1CC(=O)N(C(C)c2ccc(F)c(F)c2)C1. The van der Waals surface area contributed by atoms with E-state index in [1.807, 2.05) is 0 Å². The van der Waals surface area contributed by atoms with Crippen LogP contribution in [0.5, 0.6) is 0 Å². The van der Waals surface area contributed by atoms with Crippen molar-refractivity contribution in [3.63, 3.8) is 0 Å². The Kier molecular flexibility index (Phi) is 4.42. The minimum atomic E-state index is -0.921. The van der Waals surface area contributed by atoms with Gasteiger partial charge in [0.1, 0.15) is 0 Å². The van der Waals surface area contributed by atoms with Gasteiger partial charge in [-0.05, 0) is 24.6 Å². The number of nitrogens with zero attached hydrogens (tertiary/aromatic N) is 1. The monoisotopic (exact) mass is 299 g/mol. The molecular weight excluding hydrogens is 284 g/mol. The molecule has 3 nitrogen and oxygen atoms in total. The predicted octanol–water partition coefficient (Wildman–Crippen LogP) is 2.91. The van der Waals surface area contributed by atoms with Gasteiger partial charge in [0, 0.05) is 25.1 Å². The van der Waals surface area contributed by atoms with Crippen LogP contribution in [0.4, 0.5) is 8.78 Å². The summed E-state index contributed by atoms with van der Waals surface area (Å²) in [6.45, 7) is 3.69. The zero-order chi connectivity index (χ0) is 14.9. The molecule has 1 aromatic rings. The fourth-order valence-corrected chi connectivity index (χ4v) is 3.27. The van der Waals surface area contributed by atoms with Gasteiger partial charge in [0.25, 0.3) is 0 Å². The third-order valence-electron chi connectivity index (χ3n) is 3.35. The minimum Gasteiger partial charge on any atom is -0.335 e. The summed E-state index contributed by atoms with van der Waals surface area (Å²) in [4.78, 5) is 24.6. The van der Waals surface area contributed by atoms with Crippen molar-refractivity contribution in [2.24, 2.45) is 0 Å². The Bertz CT molecular complexity index is 550. The van der Waals surface area contributed by atoms with Crippen molar-refractivity contribution in [1.82, 2.24) is 4.90 Å². The lowest BCUT2D eigenvalue weighted by Gasteiger charge is -2.25. The van der Waals surface area contributed by atoms with Crippen LogP contribution >= 0.6 is 11.8 Å². The molecule has 20 heavy (non-hydrogen) atoms. The van der Waals surface area contributed by atoms with Crippen LogP contribution in [0, 0.1) is 11.6 Å². The summed E-state index contributed by atoms with van der Waals surface area (Å²) in [7, 11) is 0. The standard InChI is InChI=1S/C14H15F2NO2S/c1-8(10-3-4-12(15)13(16)5-10)17-7-11(6-14(17)19)20-9(2)18/h3-5,8,11H,6-7H2,1-2H3. The van der Waals surface area contributed by atoms with Gasteiger partial charge in [-0.25, -0.2) is 8.78 Å². The normalized spacial score (nSPS) is 20.3. The molecule has 1 aromatic carbocycles. The second-order valence-corrected chi connectivity index (χ2v) is 6.31. The van der Waals surface area contributed by atoms with Gasteiger partial charge >= 0.3 is 0 Å². The van der Waals surface area contributed by atoms with E-state index in [-0.39, 0.29) is 22.3 Å². The van der Waals surface area contributed by atoms with E-state index in [2.05, 4.69) is 0 Å². The molecule has 1 fully saturated rings. The first-order chi connectivity index (χ1) is 9.38. The lowest BCUT2D eigenvalue weighted by atomic mass is 10.1. The Labute approximate surface area is 120 Å². The van der Waals surface area contributed by atoms with Crippen LogP contribution in [0.3, 0.4) is 0 Å². The van der Waals surface area contributed by atoms with Crippen LogP contribution in [-0.4, -0.2) is 27.7 Å². The van der Waals surface area contributed by atoms with E-state index in [1.54, 1.807) is 11.8 Å². The second kappa shape index (κ2) is 5.91. The maximum Gasteiger partial charge on any atom is 0.224 e. The van der Waals surface area contributed by atoms with Crippen molar-refractivity contribution in [2.75, 3.05) is 6.54 Å². The van der Waals surface area contributed by atoms with Gasteiger partial charge in [-0.1, -0.05) is 17.8 Å². The molecule has 2 unspecified atom stereocenters. The van der Waals surface area contributed by atoms with Crippen molar-refractivity contribution in [1.29, 1.82) is 0 Å². The Morgan fingerprint density at radius 1 is 1.40 bits per heavy atom. The van der Waals surface area contributed by atoms with Crippen LogP contribution in [0.25, 0.3) is 0 Å². The predicted molar refractivity (Wildman–Crippen MR) is 73.2 cm³/mol. The highest BCUT2D eigenvalue weighted by atomic mass is 32.2. The van der Waals surface area contributed by atoms with Crippen molar-refractivity contribution in [3.05, 3.63) is 35.4 Å². The van der Waals surface area contributed by atoms with Crippen LogP contribution in [-0.2, 0) is 9.59 Å². The summed E-state index contributed by atoms with van der Waals surface area (Å²) >= 11 is 1.15. The first-order valence-corrected chi connectivity index (χ1v) is 7.18. The number of benzene rings is 1. The van der Waals surface area contributed by atoms with Crippen LogP contribution in [0.2, 0.25) is 0 Å². The number of carbonyl (C=O) groups is 2. The number of carbonyl (C=O) groups excluding carboxylic acids is 2. The Morgan fingerprint density at radius 2 is 2.10 bits per heavy atom. The number of amides is 1. The number of hydrogen-bond acceptors (Lipinski definition) is 3. The lowest BCUT2D eigenvalue weighted by molar-refractivity contribution is -0.129. The first-order valence-electron chi connectivity index (χ1n) is 6.30. The quantitative estimate of drug-likeness (QED) is 0.861.